The monoisotopic (exact) mass is 263 g/mol. The van der Waals surface area contributed by atoms with Crippen molar-refractivity contribution in [3.63, 3.8) is 0 Å². The minimum atomic E-state index is 0.265. The molecule has 1 fully saturated rings. The number of likely N-dealkylation sites (N-methyl/N-ethyl adjacent to an activating group) is 1. The van der Waals surface area contributed by atoms with Crippen molar-refractivity contribution in [1.82, 2.24) is 25.1 Å². The maximum Gasteiger partial charge on any atom is 0.0782 e. The highest BCUT2D eigenvalue weighted by Crippen LogP contribution is 2.11. The Hall–Kier alpha value is -1.04. The molecular formula is C14H25N5. The van der Waals surface area contributed by atoms with Gasteiger partial charge >= 0.3 is 0 Å². The first kappa shape index (κ1) is 14.4. The van der Waals surface area contributed by atoms with E-state index in [-0.39, 0.29) is 6.04 Å². The van der Waals surface area contributed by atoms with Crippen LogP contribution in [-0.2, 0) is 0 Å². The summed E-state index contributed by atoms with van der Waals surface area (Å²) >= 11 is 0. The van der Waals surface area contributed by atoms with E-state index in [0.717, 1.165) is 24.5 Å². The minimum Gasteiger partial charge on any atom is -0.308 e. The van der Waals surface area contributed by atoms with Crippen molar-refractivity contribution in [2.75, 3.05) is 46.3 Å². The highest BCUT2D eigenvalue weighted by Gasteiger charge is 2.14. The standard InChI is InChI=1S/C14H25N5/c1-12-14(17-5-4-15-12)13(2)16-6-7-19-10-8-18(3)9-11-19/h4-5,13,16H,6-11H2,1-3H3. The normalized spacial score (nSPS) is 19.5. The van der Waals surface area contributed by atoms with Crippen molar-refractivity contribution < 1.29 is 0 Å². The van der Waals surface area contributed by atoms with Gasteiger partial charge in [0.2, 0.25) is 0 Å². The molecule has 1 atom stereocenters. The zero-order valence-corrected chi connectivity index (χ0v) is 12.3. The first-order valence-electron chi connectivity index (χ1n) is 7.08. The summed E-state index contributed by atoms with van der Waals surface area (Å²) in [6, 6.07) is 0.265. The maximum atomic E-state index is 4.41. The number of nitrogens with zero attached hydrogens (tertiary/aromatic N) is 4. The Bertz CT molecular complexity index is 387. The molecule has 1 saturated heterocycles. The van der Waals surface area contributed by atoms with Crippen LogP contribution < -0.4 is 5.32 Å². The van der Waals surface area contributed by atoms with Gasteiger partial charge < -0.3 is 10.2 Å². The zero-order valence-electron chi connectivity index (χ0n) is 12.3. The second-order valence-corrected chi connectivity index (χ2v) is 5.35. The lowest BCUT2D eigenvalue weighted by Crippen LogP contribution is -2.46. The zero-order chi connectivity index (χ0) is 13.7. The summed E-state index contributed by atoms with van der Waals surface area (Å²) in [6.45, 7) is 11.0. The molecule has 1 aromatic heterocycles. The number of hydrogen-bond acceptors (Lipinski definition) is 5. The lowest BCUT2D eigenvalue weighted by atomic mass is 10.2. The Morgan fingerprint density at radius 2 is 1.89 bits per heavy atom. The fourth-order valence-corrected chi connectivity index (χ4v) is 2.45. The number of hydrogen-bond donors (Lipinski definition) is 1. The van der Waals surface area contributed by atoms with E-state index in [1.807, 2.05) is 6.92 Å². The minimum absolute atomic E-state index is 0.265. The van der Waals surface area contributed by atoms with Gasteiger partial charge in [-0.25, -0.2) is 0 Å². The van der Waals surface area contributed by atoms with Gasteiger partial charge in [0.15, 0.2) is 0 Å². The number of rotatable bonds is 5. The molecule has 19 heavy (non-hydrogen) atoms. The number of nitrogens with one attached hydrogen (secondary N) is 1. The molecule has 1 aliphatic heterocycles. The second-order valence-electron chi connectivity index (χ2n) is 5.35. The molecule has 1 aliphatic rings. The molecule has 0 radical (unpaired) electrons. The van der Waals surface area contributed by atoms with E-state index in [4.69, 9.17) is 0 Å². The summed E-state index contributed by atoms with van der Waals surface area (Å²) in [6.07, 6.45) is 3.51. The Labute approximate surface area is 116 Å². The summed E-state index contributed by atoms with van der Waals surface area (Å²) in [5.74, 6) is 0. The molecule has 2 heterocycles. The van der Waals surface area contributed by atoms with Crippen LogP contribution in [-0.4, -0.2) is 66.1 Å². The SMILES string of the molecule is Cc1nccnc1C(C)NCCN1CCN(C)CC1. The summed E-state index contributed by atoms with van der Waals surface area (Å²) in [5, 5.41) is 3.54. The van der Waals surface area contributed by atoms with Crippen LogP contribution in [0.3, 0.4) is 0 Å². The summed E-state index contributed by atoms with van der Waals surface area (Å²) in [7, 11) is 2.19. The molecule has 5 heteroatoms. The van der Waals surface area contributed by atoms with Gasteiger partial charge in [0.1, 0.15) is 0 Å². The molecule has 0 aromatic carbocycles. The van der Waals surface area contributed by atoms with Crippen LogP contribution in [0.1, 0.15) is 24.4 Å². The predicted molar refractivity (Wildman–Crippen MR) is 77.1 cm³/mol. The molecule has 1 unspecified atom stereocenters. The third-order valence-electron chi connectivity index (χ3n) is 3.80. The van der Waals surface area contributed by atoms with Crippen molar-refractivity contribution in [3.8, 4) is 0 Å². The fourth-order valence-electron chi connectivity index (χ4n) is 2.45. The molecule has 0 aliphatic carbocycles. The van der Waals surface area contributed by atoms with Gasteiger partial charge in [-0.2, -0.15) is 0 Å². The van der Waals surface area contributed by atoms with Crippen molar-refractivity contribution in [2.24, 2.45) is 0 Å². The summed E-state index contributed by atoms with van der Waals surface area (Å²) in [5.41, 5.74) is 2.07. The third kappa shape index (κ3) is 4.23. The van der Waals surface area contributed by atoms with Gasteiger partial charge in [-0.1, -0.05) is 0 Å². The Morgan fingerprint density at radius 1 is 1.21 bits per heavy atom. The first-order valence-corrected chi connectivity index (χ1v) is 7.08. The largest absolute Gasteiger partial charge is 0.308 e. The van der Waals surface area contributed by atoms with Crippen LogP contribution in [0.25, 0.3) is 0 Å². The van der Waals surface area contributed by atoms with Crippen LogP contribution in [0, 0.1) is 6.92 Å². The van der Waals surface area contributed by atoms with E-state index in [9.17, 15) is 0 Å². The molecule has 2 rings (SSSR count). The topological polar surface area (TPSA) is 44.3 Å². The number of piperazine rings is 1. The molecule has 0 spiro atoms. The Morgan fingerprint density at radius 3 is 2.58 bits per heavy atom. The fraction of sp³-hybridized carbons (Fsp3) is 0.714. The number of aromatic nitrogens is 2. The van der Waals surface area contributed by atoms with Crippen LogP contribution in [0.5, 0.6) is 0 Å². The predicted octanol–water partition coefficient (Wildman–Crippen LogP) is 0.683. The average molecular weight is 263 g/mol. The molecule has 0 saturated carbocycles. The van der Waals surface area contributed by atoms with Crippen LogP contribution in [0.2, 0.25) is 0 Å². The Balaban J connectivity index is 1.72. The molecule has 0 amide bonds. The first-order chi connectivity index (χ1) is 9.16. The van der Waals surface area contributed by atoms with E-state index in [0.29, 0.717) is 0 Å². The highest BCUT2D eigenvalue weighted by molar-refractivity contribution is 5.12. The second kappa shape index (κ2) is 6.93. The van der Waals surface area contributed by atoms with Gasteiger partial charge in [0.25, 0.3) is 0 Å². The van der Waals surface area contributed by atoms with Gasteiger partial charge in [0.05, 0.1) is 11.4 Å². The third-order valence-corrected chi connectivity index (χ3v) is 3.80. The van der Waals surface area contributed by atoms with Crippen molar-refractivity contribution >= 4 is 0 Å². The van der Waals surface area contributed by atoms with Crippen molar-refractivity contribution in [1.29, 1.82) is 0 Å². The molecule has 1 aromatic rings. The summed E-state index contributed by atoms with van der Waals surface area (Å²) in [4.78, 5) is 13.6. The van der Waals surface area contributed by atoms with Crippen molar-refractivity contribution in [3.05, 3.63) is 23.8 Å². The lowest BCUT2D eigenvalue weighted by Gasteiger charge is -2.32. The average Bonchev–Trinajstić information content (AvgIpc) is 2.41. The van der Waals surface area contributed by atoms with E-state index < -0.39 is 0 Å². The van der Waals surface area contributed by atoms with Crippen LogP contribution in [0.4, 0.5) is 0 Å². The van der Waals surface area contributed by atoms with Gasteiger partial charge in [-0.3, -0.25) is 14.9 Å². The van der Waals surface area contributed by atoms with E-state index in [1.165, 1.54) is 26.2 Å². The molecule has 5 nitrogen and oxygen atoms in total. The smallest absolute Gasteiger partial charge is 0.0782 e. The quantitative estimate of drug-likeness (QED) is 0.846. The van der Waals surface area contributed by atoms with Gasteiger partial charge in [0, 0.05) is 57.7 Å². The maximum absolute atomic E-state index is 4.41. The van der Waals surface area contributed by atoms with Gasteiger partial charge in [-0.15, -0.1) is 0 Å². The van der Waals surface area contributed by atoms with Crippen molar-refractivity contribution in [2.45, 2.75) is 19.9 Å². The van der Waals surface area contributed by atoms with Gasteiger partial charge in [-0.05, 0) is 20.9 Å². The Kier molecular flexibility index (Phi) is 5.24. The molecule has 1 N–H and O–H groups in total. The van der Waals surface area contributed by atoms with E-state index in [2.05, 4.69) is 39.1 Å². The van der Waals surface area contributed by atoms with E-state index in [1.54, 1.807) is 12.4 Å². The van der Waals surface area contributed by atoms with E-state index >= 15 is 0 Å². The molecule has 106 valence electrons. The van der Waals surface area contributed by atoms with Crippen LogP contribution in [0.15, 0.2) is 12.4 Å². The molecule has 0 bridgehead atoms. The van der Waals surface area contributed by atoms with Crippen LogP contribution >= 0.6 is 0 Å². The summed E-state index contributed by atoms with van der Waals surface area (Å²) < 4.78 is 0. The number of aryl methyl sites for hydroxylation is 1. The molecular weight excluding hydrogens is 238 g/mol. The lowest BCUT2D eigenvalue weighted by molar-refractivity contribution is 0.154. The highest BCUT2D eigenvalue weighted by atomic mass is 15.2.